The van der Waals surface area contributed by atoms with Gasteiger partial charge in [-0.3, -0.25) is 0 Å². The van der Waals surface area contributed by atoms with E-state index < -0.39 is 0 Å². The van der Waals surface area contributed by atoms with Gasteiger partial charge in [0.1, 0.15) is 0 Å². The molecule has 0 saturated carbocycles. The minimum absolute atomic E-state index is 0.806. The van der Waals surface area contributed by atoms with E-state index in [4.69, 9.17) is 0 Å². The molecule has 1 nitrogen and oxygen atoms in total. The number of nitrogens with zero attached hydrogens (tertiary/aromatic N) is 1. The Morgan fingerprint density at radius 2 is 1.94 bits per heavy atom. The molecule has 90 valence electrons. The number of aryl methyl sites for hydroxylation is 1. The van der Waals surface area contributed by atoms with Gasteiger partial charge >= 0.3 is 0 Å². The van der Waals surface area contributed by atoms with Crippen molar-refractivity contribution < 1.29 is 0 Å². The van der Waals surface area contributed by atoms with Crippen LogP contribution in [0.4, 0.5) is 0 Å². The van der Waals surface area contributed by atoms with E-state index in [1.54, 1.807) is 5.57 Å². The van der Waals surface area contributed by atoms with Crippen LogP contribution in [0.25, 0.3) is 5.57 Å². The summed E-state index contributed by atoms with van der Waals surface area (Å²) in [6.07, 6.45) is 4.94. The van der Waals surface area contributed by atoms with E-state index >= 15 is 0 Å². The molecule has 0 radical (unpaired) electrons. The van der Waals surface area contributed by atoms with Crippen molar-refractivity contribution in [3.8, 4) is 0 Å². The Morgan fingerprint density at radius 3 is 2.59 bits per heavy atom. The topological polar surface area (TPSA) is 3.24 Å². The second-order valence-corrected chi connectivity index (χ2v) is 5.59. The molecule has 1 saturated heterocycles. The summed E-state index contributed by atoms with van der Waals surface area (Å²) in [6, 6.07) is 9.15. The molecule has 1 heterocycles. The molecule has 1 aliphatic heterocycles. The zero-order valence-electron chi connectivity index (χ0n) is 10.8. The zero-order chi connectivity index (χ0) is 11.8. The first-order chi connectivity index (χ1) is 8.26. The van der Waals surface area contributed by atoms with Gasteiger partial charge in [-0.15, -0.1) is 0 Å². The van der Waals surface area contributed by atoms with Crippen LogP contribution in [0.1, 0.15) is 24.5 Å². The molecular weight excluding hydrogens is 206 g/mol. The Hall–Kier alpha value is -1.08. The van der Waals surface area contributed by atoms with Crippen molar-refractivity contribution in [3.05, 3.63) is 41.5 Å². The molecule has 17 heavy (non-hydrogen) atoms. The maximum Gasteiger partial charge on any atom is 0.00449 e. The zero-order valence-corrected chi connectivity index (χ0v) is 10.8. The predicted molar refractivity (Wildman–Crippen MR) is 72.9 cm³/mol. The summed E-state index contributed by atoms with van der Waals surface area (Å²) in [5.41, 5.74) is 4.46. The van der Waals surface area contributed by atoms with Gasteiger partial charge in [-0.05, 0) is 48.4 Å². The highest BCUT2D eigenvalue weighted by atomic mass is 15.1. The number of allylic oxidation sites excluding steroid dienone is 1. The number of likely N-dealkylation sites (tertiary alicyclic amines) is 1. The molecule has 0 bridgehead atoms. The number of hydrogen-bond donors (Lipinski definition) is 0. The van der Waals surface area contributed by atoms with Gasteiger partial charge in [0.15, 0.2) is 0 Å². The molecule has 2 aliphatic rings. The van der Waals surface area contributed by atoms with Gasteiger partial charge in [-0.2, -0.15) is 0 Å². The first-order valence-electron chi connectivity index (χ1n) is 6.75. The van der Waals surface area contributed by atoms with Crippen molar-refractivity contribution in [2.75, 3.05) is 20.1 Å². The Kier molecular flexibility index (Phi) is 2.79. The third kappa shape index (κ3) is 2.04. The van der Waals surface area contributed by atoms with Crippen LogP contribution < -0.4 is 0 Å². The quantitative estimate of drug-likeness (QED) is 0.750. The Morgan fingerprint density at radius 1 is 1.18 bits per heavy atom. The maximum atomic E-state index is 2.52. The van der Waals surface area contributed by atoms with E-state index in [0.29, 0.717) is 0 Å². The third-order valence-electron chi connectivity index (χ3n) is 4.30. The van der Waals surface area contributed by atoms with E-state index in [0.717, 1.165) is 18.3 Å². The Bertz CT molecular complexity index is 429. The lowest BCUT2D eigenvalue weighted by molar-refractivity contribution is 0.395. The highest BCUT2D eigenvalue weighted by Gasteiger charge is 2.34. The first kappa shape index (κ1) is 11.0. The lowest BCUT2D eigenvalue weighted by Crippen LogP contribution is -2.14. The van der Waals surface area contributed by atoms with E-state index in [2.05, 4.69) is 49.2 Å². The van der Waals surface area contributed by atoms with Crippen LogP contribution in [0, 0.1) is 11.8 Å². The molecule has 1 aromatic rings. The highest BCUT2D eigenvalue weighted by Crippen LogP contribution is 2.40. The second kappa shape index (κ2) is 4.30. The lowest BCUT2D eigenvalue weighted by Gasteiger charge is -2.10. The fourth-order valence-corrected chi connectivity index (χ4v) is 3.30. The number of hydrogen-bond acceptors (Lipinski definition) is 1. The molecule has 1 aliphatic carbocycles. The van der Waals surface area contributed by atoms with Crippen molar-refractivity contribution >= 4 is 5.57 Å². The molecule has 2 unspecified atom stereocenters. The van der Waals surface area contributed by atoms with Crippen LogP contribution in [0.15, 0.2) is 30.3 Å². The summed E-state index contributed by atoms with van der Waals surface area (Å²) < 4.78 is 0. The number of benzene rings is 1. The molecule has 1 fully saturated rings. The first-order valence-corrected chi connectivity index (χ1v) is 6.75. The molecule has 0 spiro atoms. The van der Waals surface area contributed by atoms with Crippen LogP contribution in [-0.2, 0) is 6.42 Å². The van der Waals surface area contributed by atoms with Crippen molar-refractivity contribution in [2.24, 2.45) is 11.8 Å². The summed E-state index contributed by atoms with van der Waals surface area (Å²) in [7, 11) is 2.24. The average molecular weight is 227 g/mol. The van der Waals surface area contributed by atoms with Crippen molar-refractivity contribution in [1.82, 2.24) is 4.90 Å². The summed E-state index contributed by atoms with van der Waals surface area (Å²) in [5.74, 6) is 1.68. The van der Waals surface area contributed by atoms with Crippen molar-refractivity contribution in [2.45, 2.75) is 19.8 Å². The standard InChI is InChI=1S/C16H21N/c1-3-12-4-6-13(7-5-12)14-8-15-10-17(2)11-16(15)9-14/h4-8,15-16H,3,9-11H2,1-2H3. The van der Waals surface area contributed by atoms with Crippen LogP contribution in [0.2, 0.25) is 0 Å². The lowest BCUT2D eigenvalue weighted by atomic mass is 9.98. The summed E-state index contributed by atoms with van der Waals surface area (Å²) in [6.45, 7) is 4.74. The smallest absolute Gasteiger partial charge is 0.00449 e. The maximum absolute atomic E-state index is 2.52. The second-order valence-electron chi connectivity index (χ2n) is 5.59. The third-order valence-corrected chi connectivity index (χ3v) is 4.30. The molecule has 0 N–H and O–H groups in total. The van der Waals surface area contributed by atoms with E-state index in [1.165, 1.54) is 30.6 Å². The molecule has 0 amide bonds. The van der Waals surface area contributed by atoms with Gasteiger partial charge in [0, 0.05) is 13.1 Å². The van der Waals surface area contributed by atoms with E-state index in [-0.39, 0.29) is 0 Å². The molecule has 1 aromatic carbocycles. The van der Waals surface area contributed by atoms with Gasteiger partial charge in [0.2, 0.25) is 0 Å². The van der Waals surface area contributed by atoms with Gasteiger partial charge in [-0.25, -0.2) is 0 Å². The fourth-order valence-electron chi connectivity index (χ4n) is 3.30. The number of rotatable bonds is 2. The number of fused-ring (bicyclic) bond motifs is 1. The largest absolute Gasteiger partial charge is 0.305 e. The van der Waals surface area contributed by atoms with E-state index in [9.17, 15) is 0 Å². The van der Waals surface area contributed by atoms with Crippen LogP contribution >= 0.6 is 0 Å². The Labute approximate surface area is 104 Å². The van der Waals surface area contributed by atoms with Gasteiger partial charge in [0.05, 0.1) is 0 Å². The van der Waals surface area contributed by atoms with Crippen molar-refractivity contribution in [1.29, 1.82) is 0 Å². The minimum Gasteiger partial charge on any atom is -0.305 e. The van der Waals surface area contributed by atoms with E-state index in [1.807, 2.05) is 0 Å². The molecule has 0 aromatic heterocycles. The van der Waals surface area contributed by atoms with Crippen LogP contribution in [-0.4, -0.2) is 25.0 Å². The monoisotopic (exact) mass is 227 g/mol. The van der Waals surface area contributed by atoms with Crippen LogP contribution in [0.3, 0.4) is 0 Å². The molecular formula is C16H21N. The summed E-state index contributed by atoms with van der Waals surface area (Å²) >= 11 is 0. The van der Waals surface area contributed by atoms with Gasteiger partial charge in [0.25, 0.3) is 0 Å². The van der Waals surface area contributed by atoms with Gasteiger partial charge in [-0.1, -0.05) is 37.3 Å². The SMILES string of the molecule is CCc1ccc(C2=CC3CN(C)CC3C2)cc1. The summed E-state index contributed by atoms with van der Waals surface area (Å²) in [5, 5.41) is 0. The molecule has 2 atom stereocenters. The van der Waals surface area contributed by atoms with Crippen LogP contribution in [0.5, 0.6) is 0 Å². The average Bonchev–Trinajstić information content (AvgIpc) is 2.86. The predicted octanol–water partition coefficient (Wildman–Crippen LogP) is 3.21. The Balaban J connectivity index is 1.79. The molecule has 3 rings (SSSR count). The minimum atomic E-state index is 0.806. The molecule has 1 heteroatoms. The summed E-state index contributed by atoms with van der Waals surface area (Å²) in [4.78, 5) is 2.46. The highest BCUT2D eigenvalue weighted by molar-refractivity contribution is 5.68. The fraction of sp³-hybridized carbons (Fsp3) is 0.500. The van der Waals surface area contributed by atoms with Crippen molar-refractivity contribution in [3.63, 3.8) is 0 Å². The van der Waals surface area contributed by atoms with Gasteiger partial charge < -0.3 is 4.90 Å². The normalized spacial score (nSPS) is 28.2.